The summed E-state index contributed by atoms with van der Waals surface area (Å²) in [5.74, 6) is 1.47. The highest BCUT2D eigenvalue weighted by Gasteiger charge is 2.07. The second-order valence-electron chi connectivity index (χ2n) is 4.47. The van der Waals surface area contributed by atoms with Crippen molar-refractivity contribution < 1.29 is 9.84 Å². The molecule has 0 amide bonds. The maximum absolute atomic E-state index is 10.1. The molecule has 0 spiro atoms. The normalized spacial score (nSPS) is 12.2. The van der Waals surface area contributed by atoms with Crippen LogP contribution in [0.3, 0.4) is 0 Å². The second-order valence-corrected chi connectivity index (χ2v) is 6.00. The molecule has 106 valence electrons. The molecule has 0 radical (unpaired) electrons. The first-order valence-electron chi connectivity index (χ1n) is 6.37. The molecule has 2 nitrogen and oxygen atoms in total. The van der Waals surface area contributed by atoms with E-state index in [4.69, 9.17) is 16.3 Å². The van der Waals surface area contributed by atoms with Gasteiger partial charge >= 0.3 is 0 Å². The van der Waals surface area contributed by atoms with E-state index < -0.39 is 0 Å². The Morgan fingerprint density at radius 1 is 1.20 bits per heavy atom. The molecular weight excluding hydrogens is 292 g/mol. The molecule has 2 aromatic rings. The van der Waals surface area contributed by atoms with Crippen molar-refractivity contribution in [2.24, 2.45) is 0 Å². The van der Waals surface area contributed by atoms with Crippen molar-refractivity contribution in [2.75, 3.05) is 12.9 Å². The molecule has 0 aliphatic heterocycles. The number of ether oxygens (including phenoxy) is 1. The van der Waals surface area contributed by atoms with Crippen molar-refractivity contribution in [3.8, 4) is 5.75 Å². The summed E-state index contributed by atoms with van der Waals surface area (Å²) in [5, 5.41) is 10.8. The summed E-state index contributed by atoms with van der Waals surface area (Å²) in [6.45, 7) is 0. The van der Waals surface area contributed by atoms with Crippen molar-refractivity contribution in [3.05, 3.63) is 59.1 Å². The molecule has 4 heteroatoms. The number of benzene rings is 2. The molecule has 1 N–H and O–H groups in total. The van der Waals surface area contributed by atoms with E-state index in [0.29, 0.717) is 12.2 Å². The fourth-order valence-corrected chi connectivity index (χ4v) is 2.81. The van der Waals surface area contributed by atoms with Gasteiger partial charge in [-0.15, -0.1) is 11.8 Å². The maximum Gasteiger partial charge on any atom is 0.119 e. The molecule has 2 aromatic carbocycles. The van der Waals surface area contributed by atoms with Gasteiger partial charge in [0.25, 0.3) is 0 Å². The third-order valence-electron chi connectivity index (χ3n) is 2.86. The van der Waals surface area contributed by atoms with Crippen LogP contribution in [0.5, 0.6) is 5.75 Å². The van der Waals surface area contributed by atoms with Crippen LogP contribution in [0, 0.1) is 0 Å². The quantitative estimate of drug-likeness (QED) is 0.817. The SMILES string of the molecule is COc1cccc(CC(O)CSc2ccc(Cl)cc2)c1. The first kappa shape index (κ1) is 15.2. The van der Waals surface area contributed by atoms with Crippen LogP contribution < -0.4 is 4.74 Å². The number of hydrogen-bond acceptors (Lipinski definition) is 3. The van der Waals surface area contributed by atoms with Gasteiger partial charge in [0, 0.05) is 15.7 Å². The molecule has 20 heavy (non-hydrogen) atoms. The van der Waals surface area contributed by atoms with E-state index in [9.17, 15) is 5.11 Å². The van der Waals surface area contributed by atoms with Crippen LogP contribution in [0.15, 0.2) is 53.4 Å². The van der Waals surface area contributed by atoms with Crippen molar-refractivity contribution in [1.29, 1.82) is 0 Å². The summed E-state index contributed by atoms with van der Waals surface area (Å²) in [6.07, 6.45) is 0.236. The van der Waals surface area contributed by atoms with Crippen LogP contribution in [0.4, 0.5) is 0 Å². The van der Waals surface area contributed by atoms with Gasteiger partial charge in [0.2, 0.25) is 0 Å². The highest BCUT2D eigenvalue weighted by atomic mass is 35.5. The summed E-state index contributed by atoms with van der Waals surface area (Å²) < 4.78 is 5.18. The standard InChI is InChI=1S/C16H17ClO2S/c1-19-15-4-2-3-12(10-15)9-14(18)11-20-16-7-5-13(17)6-8-16/h2-8,10,14,18H,9,11H2,1H3. The minimum atomic E-state index is -0.386. The minimum absolute atomic E-state index is 0.386. The number of methoxy groups -OCH3 is 1. The first-order chi connectivity index (χ1) is 9.67. The van der Waals surface area contributed by atoms with Gasteiger partial charge in [-0.05, 0) is 48.4 Å². The maximum atomic E-state index is 10.1. The molecular formula is C16H17ClO2S. The topological polar surface area (TPSA) is 29.5 Å². The Morgan fingerprint density at radius 2 is 1.95 bits per heavy atom. The zero-order chi connectivity index (χ0) is 14.4. The average molecular weight is 309 g/mol. The summed E-state index contributed by atoms with van der Waals surface area (Å²) in [7, 11) is 1.64. The third-order valence-corrected chi connectivity index (χ3v) is 4.27. The fourth-order valence-electron chi connectivity index (χ4n) is 1.85. The van der Waals surface area contributed by atoms with Crippen LogP contribution in [0.25, 0.3) is 0 Å². The molecule has 0 aromatic heterocycles. The van der Waals surface area contributed by atoms with Gasteiger partial charge in [0.05, 0.1) is 13.2 Å². The number of aliphatic hydroxyl groups excluding tert-OH is 1. The lowest BCUT2D eigenvalue weighted by atomic mass is 10.1. The lowest BCUT2D eigenvalue weighted by Gasteiger charge is -2.11. The van der Waals surface area contributed by atoms with Gasteiger partial charge in [-0.3, -0.25) is 0 Å². The molecule has 0 saturated heterocycles. The molecule has 0 fully saturated rings. The van der Waals surface area contributed by atoms with Gasteiger partial charge in [-0.25, -0.2) is 0 Å². The Hall–Kier alpha value is -1.16. The van der Waals surface area contributed by atoms with Crippen LogP contribution in [0.2, 0.25) is 5.02 Å². The van der Waals surface area contributed by atoms with Gasteiger partial charge in [0.15, 0.2) is 0 Å². The van der Waals surface area contributed by atoms with E-state index in [1.165, 1.54) is 0 Å². The van der Waals surface area contributed by atoms with Crippen LogP contribution in [0.1, 0.15) is 5.56 Å². The lowest BCUT2D eigenvalue weighted by Crippen LogP contribution is -2.13. The Balaban J connectivity index is 1.85. The zero-order valence-electron chi connectivity index (χ0n) is 11.3. The molecule has 0 bridgehead atoms. The molecule has 1 atom stereocenters. The lowest BCUT2D eigenvalue weighted by molar-refractivity contribution is 0.200. The Labute approximate surface area is 128 Å². The van der Waals surface area contributed by atoms with E-state index in [1.54, 1.807) is 18.9 Å². The average Bonchev–Trinajstić information content (AvgIpc) is 2.47. The molecule has 0 heterocycles. The van der Waals surface area contributed by atoms with Gasteiger partial charge in [-0.2, -0.15) is 0 Å². The monoisotopic (exact) mass is 308 g/mol. The number of hydrogen-bond donors (Lipinski definition) is 1. The van der Waals surface area contributed by atoms with E-state index in [1.807, 2.05) is 48.5 Å². The van der Waals surface area contributed by atoms with Gasteiger partial charge < -0.3 is 9.84 Å². The Bertz CT molecular complexity index is 542. The first-order valence-corrected chi connectivity index (χ1v) is 7.73. The van der Waals surface area contributed by atoms with Crippen molar-refractivity contribution in [1.82, 2.24) is 0 Å². The van der Waals surface area contributed by atoms with E-state index in [-0.39, 0.29) is 6.10 Å². The third kappa shape index (κ3) is 4.75. The second kappa shape index (κ2) is 7.58. The molecule has 1 unspecified atom stereocenters. The summed E-state index contributed by atoms with van der Waals surface area (Å²) in [4.78, 5) is 1.11. The summed E-state index contributed by atoms with van der Waals surface area (Å²) in [5.41, 5.74) is 1.08. The number of halogens is 1. The molecule has 0 saturated carbocycles. The minimum Gasteiger partial charge on any atom is -0.497 e. The van der Waals surface area contributed by atoms with Gasteiger partial charge in [0.1, 0.15) is 5.75 Å². The van der Waals surface area contributed by atoms with Crippen LogP contribution in [-0.4, -0.2) is 24.1 Å². The van der Waals surface area contributed by atoms with Crippen molar-refractivity contribution >= 4 is 23.4 Å². The predicted octanol–water partition coefficient (Wildman–Crippen LogP) is 4.04. The van der Waals surface area contributed by atoms with Crippen molar-refractivity contribution in [2.45, 2.75) is 17.4 Å². The summed E-state index contributed by atoms with van der Waals surface area (Å²) in [6, 6.07) is 15.4. The van der Waals surface area contributed by atoms with Crippen LogP contribution >= 0.6 is 23.4 Å². The van der Waals surface area contributed by atoms with Crippen LogP contribution in [-0.2, 0) is 6.42 Å². The Kier molecular flexibility index (Phi) is 5.77. The molecule has 0 aliphatic carbocycles. The van der Waals surface area contributed by atoms with Gasteiger partial charge in [-0.1, -0.05) is 23.7 Å². The number of thioether (sulfide) groups is 1. The Morgan fingerprint density at radius 3 is 2.65 bits per heavy atom. The highest BCUT2D eigenvalue weighted by Crippen LogP contribution is 2.22. The van der Waals surface area contributed by atoms with E-state index in [2.05, 4.69) is 0 Å². The highest BCUT2D eigenvalue weighted by molar-refractivity contribution is 7.99. The fraction of sp³-hybridized carbons (Fsp3) is 0.250. The van der Waals surface area contributed by atoms with E-state index in [0.717, 1.165) is 21.2 Å². The molecule has 2 rings (SSSR count). The largest absolute Gasteiger partial charge is 0.497 e. The number of aliphatic hydroxyl groups is 1. The molecule has 0 aliphatic rings. The number of rotatable bonds is 6. The summed E-state index contributed by atoms with van der Waals surface area (Å²) >= 11 is 7.47. The smallest absolute Gasteiger partial charge is 0.119 e. The van der Waals surface area contributed by atoms with E-state index >= 15 is 0 Å². The predicted molar refractivity (Wildman–Crippen MR) is 84.9 cm³/mol. The van der Waals surface area contributed by atoms with Crippen molar-refractivity contribution in [3.63, 3.8) is 0 Å². The zero-order valence-corrected chi connectivity index (χ0v) is 12.8.